The van der Waals surface area contributed by atoms with Crippen molar-refractivity contribution in [3.8, 4) is 11.5 Å². The van der Waals surface area contributed by atoms with Gasteiger partial charge in [-0.1, -0.05) is 11.6 Å². The van der Waals surface area contributed by atoms with E-state index in [0.717, 1.165) is 0 Å². The number of hydrogen-bond donors (Lipinski definition) is 1. The minimum Gasteiger partial charge on any atom is -0.494 e. The van der Waals surface area contributed by atoms with Crippen LogP contribution in [0, 0.1) is 0 Å². The third-order valence-electron chi connectivity index (χ3n) is 2.34. The molecule has 0 amide bonds. The van der Waals surface area contributed by atoms with Crippen molar-refractivity contribution in [1.82, 2.24) is 4.98 Å². The van der Waals surface area contributed by atoms with Crippen LogP contribution in [0.5, 0.6) is 11.5 Å². The Kier molecular flexibility index (Phi) is 2.75. The maximum atomic E-state index is 6.07. The first-order valence-electron chi connectivity index (χ1n) is 4.63. The standard InChI is InChI=1S/C11H11ClN2O2/c1-15-8-5-6(12)11(16-2)9-7(13)3-4-14-10(8)9/h3-5H,1-2H3,(H2,13,14). The second kappa shape index (κ2) is 4.06. The van der Waals surface area contributed by atoms with Crippen molar-refractivity contribution in [2.75, 3.05) is 20.0 Å². The van der Waals surface area contributed by atoms with E-state index in [2.05, 4.69) is 4.98 Å². The molecule has 0 aliphatic rings. The molecule has 5 heteroatoms. The van der Waals surface area contributed by atoms with Gasteiger partial charge in [-0.25, -0.2) is 0 Å². The van der Waals surface area contributed by atoms with Crippen LogP contribution in [-0.4, -0.2) is 19.2 Å². The SMILES string of the molecule is COc1cc(Cl)c(OC)c2c(N)ccnc12. The predicted octanol–water partition coefficient (Wildman–Crippen LogP) is 2.49. The second-order valence-electron chi connectivity index (χ2n) is 3.22. The minimum atomic E-state index is 0.451. The summed E-state index contributed by atoms with van der Waals surface area (Å²) in [6, 6.07) is 3.36. The Bertz CT molecular complexity index is 543. The van der Waals surface area contributed by atoms with Gasteiger partial charge < -0.3 is 15.2 Å². The van der Waals surface area contributed by atoms with Crippen molar-refractivity contribution in [3.63, 3.8) is 0 Å². The highest BCUT2D eigenvalue weighted by Crippen LogP contribution is 2.40. The van der Waals surface area contributed by atoms with Gasteiger partial charge in [0.2, 0.25) is 0 Å². The number of nitrogens with zero attached hydrogens (tertiary/aromatic N) is 1. The topological polar surface area (TPSA) is 57.4 Å². The summed E-state index contributed by atoms with van der Waals surface area (Å²) in [6.45, 7) is 0. The summed E-state index contributed by atoms with van der Waals surface area (Å²) < 4.78 is 10.4. The highest BCUT2D eigenvalue weighted by atomic mass is 35.5. The first-order valence-corrected chi connectivity index (χ1v) is 5.01. The molecule has 0 atom stereocenters. The van der Waals surface area contributed by atoms with Crippen LogP contribution in [0.2, 0.25) is 5.02 Å². The molecule has 16 heavy (non-hydrogen) atoms. The van der Waals surface area contributed by atoms with Crippen LogP contribution in [0.25, 0.3) is 10.9 Å². The highest BCUT2D eigenvalue weighted by Gasteiger charge is 2.15. The number of halogens is 1. The summed E-state index contributed by atoms with van der Waals surface area (Å²) in [4.78, 5) is 4.22. The molecule has 2 rings (SSSR count). The molecule has 2 aromatic rings. The number of benzene rings is 1. The van der Waals surface area contributed by atoms with E-state index in [-0.39, 0.29) is 0 Å². The van der Waals surface area contributed by atoms with Crippen molar-refractivity contribution in [2.24, 2.45) is 0 Å². The summed E-state index contributed by atoms with van der Waals surface area (Å²) in [7, 11) is 3.10. The predicted molar refractivity (Wildman–Crippen MR) is 64.3 cm³/mol. The summed E-state index contributed by atoms with van der Waals surface area (Å²) in [5.41, 5.74) is 7.09. The van der Waals surface area contributed by atoms with Crippen LogP contribution in [-0.2, 0) is 0 Å². The number of pyridine rings is 1. The Morgan fingerprint density at radius 1 is 1.31 bits per heavy atom. The molecule has 1 heterocycles. The molecule has 0 bridgehead atoms. The van der Waals surface area contributed by atoms with Gasteiger partial charge in [-0.2, -0.15) is 0 Å². The van der Waals surface area contributed by atoms with Crippen LogP contribution < -0.4 is 15.2 Å². The zero-order chi connectivity index (χ0) is 11.7. The second-order valence-corrected chi connectivity index (χ2v) is 3.62. The van der Waals surface area contributed by atoms with Crippen molar-refractivity contribution in [2.45, 2.75) is 0 Å². The van der Waals surface area contributed by atoms with Gasteiger partial charge in [-0.3, -0.25) is 4.98 Å². The number of nitrogens with two attached hydrogens (primary N) is 1. The molecule has 84 valence electrons. The third kappa shape index (κ3) is 1.51. The number of anilines is 1. The molecule has 0 spiro atoms. The number of aromatic nitrogens is 1. The minimum absolute atomic E-state index is 0.451. The van der Waals surface area contributed by atoms with Gasteiger partial charge in [-0.05, 0) is 6.07 Å². The van der Waals surface area contributed by atoms with Crippen LogP contribution in [0.3, 0.4) is 0 Å². The Morgan fingerprint density at radius 3 is 2.69 bits per heavy atom. The summed E-state index contributed by atoms with van der Waals surface area (Å²) in [6.07, 6.45) is 1.62. The van der Waals surface area contributed by atoms with Crippen molar-refractivity contribution in [1.29, 1.82) is 0 Å². The van der Waals surface area contributed by atoms with Gasteiger partial charge in [-0.15, -0.1) is 0 Å². The van der Waals surface area contributed by atoms with E-state index < -0.39 is 0 Å². The molecule has 2 N–H and O–H groups in total. The average molecular weight is 239 g/mol. The smallest absolute Gasteiger partial charge is 0.149 e. The maximum absolute atomic E-state index is 6.07. The van der Waals surface area contributed by atoms with Crippen LogP contribution in [0.15, 0.2) is 18.3 Å². The van der Waals surface area contributed by atoms with Gasteiger partial charge >= 0.3 is 0 Å². The normalized spacial score (nSPS) is 10.4. The molecule has 1 aromatic heterocycles. The Hall–Kier alpha value is -1.68. The lowest BCUT2D eigenvalue weighted by Gasteiger charge is -2.12. The van der Waals surface area contributed by atoms with E-state index in [4.69, 9.17) is 26.8 Å². The molecule has 0 radical (unpaired) electrons. The zero-order valence-electron chi connectivity index (χ0n) is 8.95. The van der Waals surface area contributed by atoms with Crippen molar-refractivity contribution >= 4 is 28.2 Å². The molecule has 1 aromatic carbocycles. The van der Waals surface area contributed by atoms with E-state index in [9.17, 15) is 0 Å². The summed E-state index contributed by atoms with van der Waals surface area (Å²) in [5, 5.41) is 1.13. The van der Waals surface area contributed by atoms with Crippen molar-refractivity contribution < 1.29 is 9.47 Å². The molecule has 0 aliphatic carbocycles. The molecule has 0 aliphatic heterocycles. The van der Waals surface area contributed by atoms with E-state index in [1.165, 1.54) is 0 Å². The fraction of sp³-hybridized carbons (Fsp3) is 0.182. The first kappa shape index (κ1) is 10.8. The maximum Gasteiger partial charge on any atom is 0.149 e. The highest BCUT2D eigenvalue weighted by molar-refractivity contribution is 6.34. The monoisotopic (exact) mass is 238 g/mol. The summed E-state index contributed by atoms with van der Waals surface area (Å²) >= 11 is 6.07. The molecular formula is C11H11ClN2O2. The molecule has 4 nitrogen and oxygen atoms in total. The number of ether oxygens (including phenoxy) is 2. The lowest BCUT2D eigenvalue weighted by atomic mass is 10.1. The number of rotatable bonds is 2. The average Bonchev–Trinajstić information content (AvgIpc) is 2.29. The number of nitrogen functional groups attached to an aromatic ring is 1. The van der Waals surface area contributed by atoms with Gasteiger partial charge in [0.1, 0.15) is 17.0 Å². The fourth-order valence-corrected chi connectivity index (χ4v) is 1.90. The Morgan fingerprint density at radius 2 is 2.06 bits per heavy atom. The van der Waals surface area contributed by atoms with Gasteiger partial charge in [0.25, 0.3) is 0 Å². The lowest BCUT2D eigenvalue weighted by molar-refractivity contribution is 0.410. The zero-order valence-corrected chi connectivity index (χ0v) is 9.71. The van der Waals surface area contributed by atoms with Gasteiger partial charge in [0.15, 0.2) is 0 Å². The third-order valence-corrected chi connectivity index (χ3v) is 2.62. The van der Waals surface area contributed by atoms with E-state index in [1.807, 2.05) is 0 Å². The quantitative estimate of drug-likeness (QED) is 0.873. The lowest BCUT2D eigenvalue weighted by Crippen LogP contribution is -1.96. The molecule has 0 saturated carbocycles. The Balaban J connectivity index is 2.94. The van der Waals surface area contributed by atoms with E-state index in [0.29, 0.717) is 33.1 Å². The Labute approximate surface area is 97.9 Å². The van der Waals surface area contributed by atoms with Crippen molar-refractivity contribution in [3.05, 3.63) is 23.4 Å². The summed E-state index contributed by atoms with van der Waals surface area (Å²) in [5.74, 6) is 1.09. The van der Waals surface area contributed by atoms with Crippen LogP contribution in [0.1, 0.15) is 0 Å². The molecule has 0 unspecified atom stereocenters. The molecule has 0 fully saturated rings. The number of methoxy groups -OCH3 is 2. The van der Waals surface area contributed by atoms with Gasteiger partial charge in [0.05, 0.1) is 24.6 Å². The van der Waals surface area contributed by atoms with Crippen LogP contribution in [0.4, 0.5) is 5.69 Å². The first-order chi connectivity index (χ1) is 7.69. The molecule has 0 saturated heterocycles. The number of fused-ring (bicyclic) bond motifs is 1. The van der Waals surface area contributed by atoms with E-state index in [1.54, 1.807) is 32.5 Å². The fourth-order valence-electron chi connectivity index (χ4n) is 1.63. The largest absolute Gasteiger partial charge is 0.494 e. The molecular weight excluding hydrogens is 228 g/mol. The van der Waals surface area contributed by atoms with E-state index >= 15 is 0 Å². The van der Waals surface area contributed by atoms with Crippen LogP contribution >= 0.6 is 11.6 Å². The number of hydrogen-bond acceptors (Lipinski definition) is 4. The van der Waals surface area contributed by atoms with Gasteiger partial charge in [0, 0.05) is 18.0 Å².